The van der Waals surface area contributed by atoms with Crippen LogP contribution in [0.4, 0.5) is 8.78 Å². The molecule has 1 saturated heterocycles. The lowest BCUT2D eigenvalue weighted by molar-refractivity contribution is -0.141. The molecule has 1 aromatic heterocycles. The van der Waals surface area contributed by atoms with Crippen molar-refractivity contribution in [2.75, 3.05) is 18.3 Å². The van der Waals surface area contributed by atoms with Crippen LogP contribution in [0.25, 0.3) is 0 Å². The number of halogens is 2. The van der Waals surface area contributed by atoms with Gasteiger partial charge >= 0.3 is 5.97 Å². The molecule has 0 radical (unpaired) electrons. The van der Waals surface area contributed by atoms with E-state index in [9.17, 15) is 28.0 Å². The van der Waals surface area contributed by atoms with E-state index < -0.39 is 34.8 Å². The van der Waals surface area contributed by atoms with Crippen molar-refractivity contribution in [2.24, 2.45) is 0 Å². The molecule has 3 heterocycles. The lowest BCUT2D eigenvalue weighted by Crippen LogP contribution is -2.59. The Morgan fingerprint density at radius 3 is 2.55 bits per heavy atom. The summed E-state index contributed by atoms with van der Waals surface area (Å²) in [6.45, 7) is 3.00. The van der Waals surface area contributed by atoms with E-state index in [4.69, 9.17) is 9.47 Å². The number of rotatable bonds is 8. The third-order valence-corrected chi connectivity index (χ3v) is 7.46. The highest BCUT2D eigenvalue weighted by Crippen LogP contribution is 2.30. The number of esters is 1. The quantitative estimate of drug-likeness (QED) is 0.408. The van der Waals surface area contributed by atoms with Crippen molar-refractivity contribution in [1.29, 1.82) is 0 Å². The largest absolute Gasteiger partial charge is 0.482 e. The summed E-state index contributed by atoms with van der Waals surface area (Å²) in [5, 5.41) is 4.28. The Kier molecular flexibility index (Phi) is 8.23. The van der Waals surface area contributed by atoms with Gasteiger partial charge < -0.3 is 19.7 Å². The first-order chi connectivity index (χ1) is 20.1. The molecule has 2 atom stereocenters. The average molecular weight is 581 g/mol. The van der Waals surface area contributed by atoms with Gasteiger partial charge in [-0.15, -0.1) is 0 Å². The van der Waals surface area contributed by atoms with Crippen molar-refractivity contribution in [1.82, 2.24) is 14.9 Å². The zero-order valence-corrected chi connectivity index (χ0v) is 23.1. The predicted octanol–water partition coefficient (Wildman–Crippen LogP) is 3.10. The Hall–Kier alpha value is -4.74. The second-order valence-corrected chi connectivity index (χ2v) is 10.3. The summed E-state index contributed by atoms with van der Waals surface area (Å²) in [5.74, 6) is -3.64. The van der Waals surface area contributed by atoms with Crippen molar-refractivity contribution in [3.8, 4) is 5.75 Å². The number of carbonyl (C=O) groups excluding carboxylic acids is 3. The number of amides is 2. The number of benzene rings is 2. The van der Waals surface area contributed by atoms with Gasteiger partial charge in [0.2, 0.25) is 5.43 Å². The van der Waals surface area contributed by atoms with Crippen LogP contribution in [-0.4, -0.2) is 52.7 Å². The Bertz CT molecular complexity index is 1580. The number of fused-ring (bicyclic) bond motifs is 4. The maximum absolute atomic E-state index is 14.2. The molecule has 10 nitrogen and oxygen atoms in total. The molecule has 2 aromatic carbocycles. The molecule has 1 fully saturated rings. The highest BCUT2D eigenvalue weighted by atomic mass is 19.1. The van der Waals surface area contributed by atoms with Crippen LogP contribution >= 0.6 is 0 Å². The molecule has 0 spiro atoms. The van der Waals surface area contributed by atoms with Crippen molar-refractivity contribution < 1.29 is 32.6 Å². The van der Waals surface area contributed by atoms with Gasteiger partial charge in [-0.05, 0) is 31.4 Å². The highest BCUT2D eigenvalue weighted by Gasteiger charge is 2.41. The summed E-state index contributed by atoms with van der Waals surface area (Å²) in [4.78, 5) is 54.2. The van der Waals surface area contributed by atoms with Crippen LogP contribution in [0.15, 0.2) is 59.5 Å². The normalized spacial score (nSPS) is 17.8. The fraction of sp³-hybridized carbons (Fsp3) is 0.333. The number of nitrogens with one attached hydrogen (secondary N) is 1. The Morgan fingerprint density at radius 1 is 1.07 bits per heavy atom. The Morgan fingerprint density at radius 2 is 1.83 bits per heavy atom. The van der Waals surface area contributed by atoms with Crippen LogP contribution in [-0.2, 0) is 22.7 Å². The second-order valence-electron chi connectivity index (χ2n) is 10.3. The van der Waals surface area contributed by atoms with Gasteiger partial charge in [0.05, 0.1) is 6.04 Å². The van der Waals surface area contributed by atoms with Crippen LogP contribution in [0.1, 0.15) is 58.7 Å². The van der Waals surface area contributed by atoms with Crippen molar-refractivity contribution >= 4 is 17.8 Å². The molecule has 0 saturated carbocycles. The minimum atomic E-state index is -0.845. The molecule has 2 aliphatic heterocycles. The van der Waals surface area contributed by atoms with E-state index in [1.807, 2.05) is 13.0 Å². The lowest BCUT2D eigenvalue weighted by atomic mass is 10.1. The molecule has 2 aliphatic rings. The summed E-state index contributed by atoms with van der Waals surface area (Å²) >= 11 is 0. The van der Waals surface area contributed by atoms with Gasteiger partial charge in [-0.3, -0.25) is 28.9 Å². The fourth-order valence-corrected chi connectivity index (χ4v) is 5.12. The number of hydrogen-bond acceptors (Lipinski definition) is 7. The highest BCUT2D eigenvalue weighted by molar-refractivity contribution is 5.99. The molecule has 220 valence electrons. The number of aromatic nitrogens is 1. The van der Waals surface area contributed by atoms with Gasteiger partial charge in [0.15, 0.2) is 11.4 Å². The summed E-state index contributed by atoms with van der Waals surface area (Å²) in [6, 6.07) is 11.4. The zero-order valence-electron chi connectivity index (χ0n) is 23.1. The molecule has 2 bridgehead atoms. The van der Waals surface area contributed by atoms with Crippen LogP contribution < -0.4 is 20.5 Å². The number of nitrogens with zero attached hydrogens (tertiary/aromatic N) is 3. The van der Waals surface area contributed by atoms with E-state index in [-0.39, 0.29) is 61.1 Å². The monoisotopic (exact) mass is 580 g/mol. The van der Waals surface area contributed by atoms with Gasteiger partial charge in [-0.2, -0.15) is 0 Å². The number of ether oxygens (including phenoxy) is 2. The molecule has 3 aromatic rings. The maximum Gasteiger partial charge on any atom is 0.302 e. The second kappa shape index (κ2) is 12.0. The lowest BCUT2D eigenvalue weighted by Gasteiger charge is -2.42. The zero-order chi connectivity index (χ0) is 30.0. The molecule has 12 heteroatoms. The van der Waals surface area contributed by atoms with E-state index in [2.05, 4.69) is 5.32 Å². The topological polar surface area (TPSA) is 110 Å². The van der Waals surface area contributed by atoms with Gasteiger partial charge in [0.1, 0.15) is 37.1 Å². The van der Waals surface area contributed by atoms with Gasteiger partial charge in [0.25, 0.3) is 11.8 Å². The van der Waals surface area contributed by atoms with E-state index >= 15 is 0 Å². The molecule has 5 rings (SSSR count). The molecule has 1 N–H and O–H groups in total. The summed E-state index contributed by atoms with van der Waals surface area (Å²) in [7, 11) is 0. The van der Waals surface area contributed by atoms with Crippen LogP contribution in [0.2, 0.25) is 0 Å². The maximum atomic E-state index is 14.2. The predicted molar refractivity (Wildman–Crippen MR) is 147 cm³/mol. The number of carbonyl (C=O) groups is 3. The smallest absolute Gasteiger partial charge is 0.302 e. The minimum absolute atomic E-state index is 0.0251. The summed E-state index contributed by atoms with van der Waals surface area (Å²) in [6.07, 6.45) is 2.44. The Labute approximate surface area is 240 Å². The SMILES string of the molecule is CC(=O)OC[C@@H]1CC[C@H](C)N2CN1n1cc(C(=O)NCc3ccc(F)cc3F)c(=O)c(OCc3ccccc3)c1C2=O. The Balaban J connectivity index is 1.57. The molecular formula is C30H30F2N4O6. The van der Waals surface area contributed by atoms with Crippen LogP contribution in [0.5, 0.6) is 5.75 Å². The first-order valence-electron chi connectivity index (χ1n) is 13.5. The molecule has 0 unspecified atom stereocenters. The van der Waals surface area contributed by atoms with E-state index in [0.717, 1.165) is 11.6 Å². The molecule has 42 heavy (non-hydrogen) atoms. The van der Waals surface area contributed by atoms with Gasteiger partial charge in [-0.1, -0.05) is 36.4 Å². The summed E-state index contributed by atoms with van der Waals surface area (Å²) < 4.78 is 40.3. The average Bonchev–Trinajstić information content (AvgIpc) is 3.11. The first-order valence-corrected chi connectivity index (χ1v) is 13.5. The number of pyridine rings is 1. The third kappa shape index (κ3) is 5.83. The van der Waals surface area contributed by atoms with Crippen molar-refractivity contribution in [2.45, 2.75) is 51.9 Å². The molecule has 2 amide bonds. The van der Waals surface area contributed by atoms with E-state index in [0.29, 0.717) is 18.9 Å². The van der Waals surface area contributed by atoms with E-state index in [1.54, 1.807) is 34.2 Å². The van der Waals surface area contributed by atoms with Gasteiger partial charge in [-0.25, -0.2) is 8.78 Å². The first kappa shape index (κ1) is 28.8. The fourth-order valence-electron chi connectivity index (χ4n) is 5.12. The van der Waals surface area contributed by atoms with E-state index in [1.165, 1.54) is 23.9 Å². The molecular weight excluding hydrogens is 550 g/mol. The third-order valence-electron chi connectivity index (χ3n) is 7.46. The van der Waals surface area contributed by atoms with Crippen molar-refractivity contribution in [3.63, 3.8) is 0 Å². The van der Waals surface area contributed by atoms with Crippen LogP contribution in [0, 0.1) is 11.6 Å². The number of hydrogen-bond donors (Lipinski definition) is 1. The standard InChI is InChI=1S/C30H30F2N4O6/c1-18-8-11-23(16-41-19(2)37)36-17-34(18)30(40)26-28(42-15-20-6-4-3-5-7-20)27(38)24(14-35(26)36)29(39)33-13-21-9-10-22(31)12-25(21)32/h3-7,9-10,12,14,18,23H,8,11,13,15-17H2,1-2H3,(H,33,39)/t18-,23-/m0/s1. The van der Waals surface area contributed by atoms with Crippen LogP contribution in [0.3, 0.4) is 0 Å². The molecule has 0 aliphatic carbocycles. The minimum Gasteiger partial charge on any atom is -0.482 e. The van der Waals surface area contributed by atoms with Gasteiger partial charge in [0, 0.05) is 37.3 Å². The summed E-state index contributed by atoms with van der Waals surface area (Å²) in [5.41, 5.74) is -0.441. The van der Waals surface area contributed by atoms with Crippen molar-refractivity contribution in [3.05, 3.63) is 99.0 Å².